The van der Waals surface area contributed by atoms with Crippen molar-refractivity contribution in [3.8, 4) is 0 Å². The Morgan fingerprint density at radius 3 is 2.67 bits per heavy atom. The molecule has 2 rings (SSSR count). The maximum atomic E-state index is 10.9. The summed E-state index contributed by atoms with van der Waals surface area (Å²) in [5, 5.41) is 30.5. The van der Waals surface area contributed by atoms with Gasteiger partial charge < -0.3 is 15.3 Å². The summed E-state index contributed by atoms with van der Waals surface area (Å²) < 4.78 is 0. The molecule has 0 saturated heterocycles. The first kappa shape index (κ1) is 14.0. The Balaban J connectivity index is 2.32. The molecule has 0 aromatic heterocycles. The third kappa shape index (κ3) is 1.93. The van der Waals surface area contributed by atoms with Crippen LogP contribution < -0.4 is 0 Å². The number of rotatable bonds is 2. The summed E-state index contributed by atoms with van der Waals surface area (Å²) in [4.78, 5) is 0. The molecule has 3 nitrogen and oxygen atoms in total. The van der Waals surface area contributed by atoms with Gasteiger partial charge in [0.25, 0.3) is 0 Å². The average molecular weight is 254 g/mol. The minimum atomic E-state index is -0.979. The molecule has 0 aliphatic heterocycles. The standard InChI is InChI=1S/C15H26O3/c1-10(2)15(18)12-5-4-11(9-16)6-7-14(12,3)8-13(15)17/h6,10,12-13,16-18H,4-5,7-9H2,1-3H3. The van der Waals surface area contributed by atoms with E-state index in [0.717, 1.165) is 24.8 Å². The van der Waals surface area contributed by atoms with Crippen molar-refractivity contribution in [2.45, 2.75) is 58.2 Å². The van der Waals surface area contributed by atoms with Gasteiger partial charge in [-0.25, -0.2) is 0 Å². The molecular formula is C15H26O3. The van der Waals surface area contributed by atoms with Crippen LogP contribution in [0, 0.1) is 17.3 Å². The van der Waals surface area contributed by atoms with Crippen molar-refractivity contribution in [3.05, 3.63) is 11.6 Å². The number of aliphatic hydroxyl groups is 3. The van der Waals surface area contributed by atoms with Gasteiger partial charge in [0.1, 0.15) is 0 Å². The van der Waals surface area contributed by atoms with Crippen molar-refractivity contribution in [2.24, 2.45) is 17.3 Å². The van der Waals surface area contributed by atoms with Crippen LogP contribution in [0.5, 0.6) is 0 Å². The van der Waals surface area contributed by atoms with Crippen LogP contribution in [0.4, 0.5) is 0 Å². The lowest BCUT2D eigenvalue weighted by atomic mass is 9.69. The highest BCUT2D eigenvalue weighted by Gasteiger charge is 2.60. The fraction of sp³-hybridized carbons (Fsp3) is 0.867. The maximum Gasteiger partial charge on any atom is 0.0961 e. The Labute approximate surface area is 110 Å². The van der Waals surface area contributed by atoms with Gasteiger partial charge >= 0.3 is 0 Å². The van der Waals surface area contributed by atoms with Crippen LogP contribution in [0.1, 0.15) is 46.5 Å². The number of hydrogen-bond donors (Lipinski definition) is 3. The van der Waals surface area contributed by atoms with Crippen LogP contribution in [-0.2, 0) is 0 Å². The SMILES string of the molecule is CC(C)C1(O)C(O)CC2(C)CC=C(CO)CCC21. The summed E-state index contributed by atoms with van der Waals surface area (Å²) in [6, 6.07) is 0. The topological polar surface area (TPSA) is 60.7 Å². The average Bonchev–Trinajstić information content (AvgIpc) is 2.44. The third-order valence-corrected chi connectivity index (χ3v) is 5.33. The lowest BCUT2D eigenvalue weighted by molar-refractivity contribution is -0.121. The number of hydrogen-bond acceptors (Lipinski definition) is 3. The van der Waals surface area contributed by atoms with Gasteiger partial charge in [-0.15, -0.1) is 0 Å². The Morgan fingerprint density at radius 1 is 1.44 bits per heavy atom. The van der Waals surface area contributed by atoms with Gasteiger partial charge in [-0.3, -0.25) is 0 Å². The van der Waals surface area contributed by atoms with E-state index < -0.39 is 11.7 Å². The second-order valence-corrected chi connectivity index (χ2v) is 6.73. The first-order chi connectivity index (χ1) is 8.34. The van der Waals surface area contributed by atoms with Crippen LogP contribution in [0.3, 0.4) is 0 Å². The minimum absolute atomic E-state index is 0.0463. The molecule has 3 heteroatoms. The summed E-state index contributed by atoms with van der Waals surface area (Å²) in [6.07, 6.45) is 4.67. The molecule has 3 N–H and O–H groups in total. The first-order valence-corrected chi connectivity index (χ1v) is 7.04. The van der Waals surface area contributed by atoms with E-state index in [9.17, 15) is 15.3 Å². The molecule has 104 valence electrons. The van der Waals surface area contributed by atoms with E-state index in [0.29, 0.717) is 6.42 Å². The Bertz CT molecular complexity index is 350. The zero-order valence-electron chi connectivity index (χ0n) is 11.7. The zero-order valence-corrected chi connectivity index (χ0v) is 11.7. The van der Waals surface area contributed by atoms with Gasteiger partial charge in [-0.05, 0) is 48.5 Å². The molecular weight excluding hydrogens is 228 g/mol. The lowest BCUT2D eigenvalue weighted by Crippen LogP contribution is -2.49. The van der Waals surface area contributed by atoms with Crippen LogP contribution in [0.25, 0.3) is 0 Å². The second-order valence-electron chi connectivity index (χ2n) is 6.73. The molecule has 0 aromatic rings. The Hall–Kier alpha value is -0.380. The molecule has 0 amide bonds. The van der Waals surface area contributed by atoms with Crippen molar-refractivity contribution in [1.29, 1.82) is 0 Å². The molecule has 2 aliphatic carbocycles. The maximum absolute atomic E-state index is 10.9. The lowest BCUT2D eigenvalue weighted by Gasteiger charge is -2.40. The van der Waals surface area contributed by atoms with E-state index in [-0.39, 0.29) is 23.9 Å². The van der Waals surface area contributed by atoms with Crippen LogP contribution in [-0.4, -0.2) is 33.6 Å². The molecule has 1 saturated carbocycles. The predicted molar refractivity (Wildman–Crippen MR) is 71.0 cm³/mol. The van der Waals surface area contributed by atoms with E-state index in [4.69, 9.17) is 0 Å². The van der Waals surface area contributed by atoms with E-state index >= 15 is 0 Å². The molecule has 0 aromatic carbocycles. The molecule has 0 heterocycles. The number of fused-ring (bicyclic) bond motifs is 1. The molecule has 2 aliphatic rings. The molecule has 4 unspecified atom stereocenters. The Kier molecular flexibility index (Phi) is 3.60. The van der Waals surface area contributed by atoms with Crippen LogP contribution in [0.15, 0.2) is 11.6 Å². The zero-order chi connectivity index (χ0) is 13.6. The van der Waals surface area contributed by atoms with Gasteiger partial charge in [-0.2, -0.15) is 0 Å². The second kappa shape index (κ2) is 4.62. The molecule has 4 atom stereocenters. The largest absolute Gasteiger partial charge is 0.392 e. The minimum Gasteiger partial charge on any atom is -0.392 e. The van der Waals surface area contributed by atoms with Crippen molar-refractivity contribution in [3.63, 3.8) is 0 Å². The monoisotopic (exact) mass is 254 g/mol. The molecule has 0 radical (unpaired) electrons. The molecule has 0 spiro atoms. The van der Waals surface area contributed by atoms with Crippen LogP contribution in [0.2, 0.25) is 0 Å². The third-order valence-electron chi connectivity index (χ3n) is 5.33. The van der Waals surface area contributed by atoms with Gasteiger partial charge in [0.2, 0.25) is 0 Å². The van der Waals surface area contributed by atoms with E-state index in [1.165, 1.54) is 0 Å². The first-order valence-electron chi connectivity index (χ1n) is 7.04. The summed E-state index contributed by atoms with van der Waals surface area (Å²) in [5.41, 5.74) is 0.0503. The van der Waals surface area contributed by atoms with Crippen molar-refractivity contribution >= 4 is 0 Å². The fourth-order valence-corrected chi connectivity index (χ4v) is 4.08. The molecule has 18 heavy (non-hydrogen) atoms. The molecule has 0 bridgehead atoms. The van der Waals surface area contributed by atoms with Gasteiger partial charge in [0.15, 0.2) is 0 Å². The van der Waals surface area contributed by atoms with Gasteiger partial charge in [0.05, 0.1) is 18.3 Å². The van der Waals surface area contributed by atoms with Crippen molar-refractivity contribution in [1.82, 2.24) is 0 Å². The van der Waals surface area contributed by atoms with Gasteiger partial charge in [0, 0.05) is 0 Å². The van der Waals surface area contributed by atoms with Crippen molar-refractivity contribution < 1.29 is 15.3 Å². The summed E-state index contributed by atoms with van der Waals surface area (Å²) in [7, 11) is 0. The Morgan fingerprint density at radius 2 is 2.11 bits per heavy atom. The molecule has 1 fully saturated rings. The highest BCUT2D eigenvalue weighted by atomic mass is 16.3. The van der Waals surface area contributed by atoms with Crippen LogP contribution >= 0.6 is 0 Å². The van der Waals surface area contributed by atoms with E-state index in [1.807, 2.05) is 13.8 Å². The number of allylic oxidation sites excluding steroid dienone is 1. The fourth-order valence-electron chi connectivity index (χ4n) is 4.08. The summed E-state index contributed by atoms with van der Waals surface area (Å²) >= 11 is 0. The summed E-state index contributed by atoms with van der Waals surface area (Å²) in [6.45, 7) is 6.25. The normalized spacial score (nSPS) is 44.7. The predicted octanol–water partition coefficient (Wildman–Crippen LogP) is 1.86. The highest BCUT2D eigenvalue weighted by molar-refractivity contribution is 5.17. The smallest absolute Gasteiger partial charge is 0.0961 e. The number of aliphatic hydroxyl groups excluding tert-OH is 2. The quantitative estimate of drug-likeness (QED) is 0.659. The highest BCUT2D eigenvalue weighted by Crippen LogP contribution is 2.57. The van der Waals surface area contributed by atoms with E-state index in [1.54, 1.807) is 0 Å². The van der Waals surface area contributed by atoms with Crippen molar-refractivity contribution in [2.75, 3.05) is 6.61 Å². The van der Waals surface area contributed by atoms with E-state index in [2.05, 4.69) is 13.0 Å². The van der Waals surface area contributed by atoms with Gasteiger partial charge in [-0.1, -0.05) is 26.8 Å². The summed E-state index contributed by atoms with van der Waals surface area (Å²) in [5.74, 6) is 0.162.